The van der Waals surface area contributed by atoms with Crippen LogP contribution in [0.1, 0.15) is 0 Å². The van der Waals surface area contributed by atoms with Gasteiger partial charge in [-0.25, -0.2) is 0 Å². The van der Waals surface area contributed by atoms with Crippen LogP contribution < -0.4 is 0 Å². The van der Waals surface area contributed by atoms with Crippen molar-refractivity contribution in [2.75, 3.05) is 0 Å². The summed E-state index contributed by atoms with van der Waals surface area (Å²) in [6, 6.07) is 3.72. The summed E-state index contributed by atoms with van der Waals surface area (Å²) in [6.07, 6.45) is 3.60. The molecule has 0 atom stereocenters. The number of rotatable bonds is 1. The predicted octanol–water partition coefficient (Wildman–Crippen LogP) is 0.679. The number of hydrogen-bond acceptors (Lipinski definition) is 1. The summed E-state index contributed by atoms with van der Waals surface area (Å²) in [5, 5.41) is 0. The molecule has 1 rings (SSSR count). The van der Waals surface area contributed by atoms with E-state index in [1.165, 1.54) is 0 Å². The fourth-order valence-corrected chi connectivity index (χ4v) is 0.854. The summed E-state index contributed by atoms with van der Waals surface area (Å²) in [7, 11) is 0. The predicted molar refractivity (Wildman–Crippen MR) is 20.5 cm³/mol. The Kier molecular flexibility index (Phi) is 1.55. The van der Waals surface area contributed by atoms with Gasteiger partial charge in [0.2, 0.25) is 0 Å². The fourth-order valence-electron chi connectivity index (χ4n) is 0.395. The topological polar surface area (TPSA) is 22.0 Å². The zero-order valence-electron chi connectivity index (χ0n) is 3.66. The first-order valence-corrected chi connectivity index (χ1v) is 3.28. The molecule has 0 aliphatic carbocycles. The van der Waals surface area contributed by atoms with E-state index in [4.69, 9.17) is 0 Å². The van der Waals surface area contributed by atoms with Crippen molar-refractivity contribution in [1.82, 2.24) is 3.05 Å². The van der Waals surface area contributed by atoms with E-state index in [1.54, 1.807) is 15.4 Å². The van der Waals surface area contributed by atoms with Gasteiger partial charge in [-0.3, -0.25) is 0 Å². The first-order valence-electron chi connectivity index (χ1n) is 1.94. The number of aromatic nitrogens is 1. The second-order valence-corrected chi connectivity index (χ2v) is 2.27. The van der Waals surface area contributed by atoms with Crippen LogP contribution in [0.3, 0.4) is 0 Å². The van der Waals surface area contributed by atoms with Gasteiger partial charge in [0.25, 0.3) is 0 Å². The Bertz CT molecular complexity index is 147. The molecule has 35 valence electrons. The van der Waals surface area contributed by atoms with Gasteiger partial charge in [-0.15, -0.1) is 0 Å². The van der Waals surface area contributed by atoms with Crippen LogP contribution in [0.15, 0.2) is 24.5 Å². The Morgan fingerprint density at radius 3 is 2.14 bits per heavy atom. The van der Waals surface area contributed by atoms with Gasteiger partial charge in [0, 0.05) is 0 Å². The SMILES string of the molecule is [O]=[Ti][n]1cccc1. The third kappa shape index (κ3) is 1.08. The monoisotopic (exact) mass is 130 g/mol. The van der Waals surface area contributed by atoms with Crippen LogP contribution in [0.2, 0.25) is 0 Å². The standard InChI is InChI=1S/C4H4N.O.Ti/c1-2-4-5-3-1;;/h1-4H;;/q-1;;+1. The van der Waals surface area contributed by atoms with Gasteiger partial charge in [-0.1, -0.05) is 0 Å². The van der Waals surface area contributed by atoms with E-state index in [0.717, 1.165) is 0 Å². The molecule has 0 saturated heterocycles. The summed E-state index contributed by atoms with van der Waals surface area (Å²) in [6.45, 7) is 0. The quantitative estimate of drug-likeness (QED) is 0.512. The summed E-state index contributed by atoms with van der Waals surface area (Å²) < 4.78 is 11.8. The first-order chi connectivity index (χ1) is 3.43. The van der Waals surface area contributed by atoms with Gasteiger partial charge in [-0.05, 0) is 0 Å². The molecular formula is C4H4NOTi. The Morgan fingerprint density at radius 2 is 1.86 bits per heavy atom. The van der Waals surface area contributed by atoms with E-state index in [0.29, 0.717) is 0 Å². The maximum atomic E-state index is 10.1. The minimum absolute atomic E-state index is 1.10. The summed E-state index contributed by atoms with van der Waals surface area (Å²) in [5.41, 5.74) is 0. The molecule has 0 unspecified atom stereocenters. The normalized spacial score (nSPS) is 8.00. The molecule has 1 heterocycles. The first kappa shape index (κ1) is 4.94. The van der Waals surface area contributed by atoms with Gasteiger partial charge >= 0.3 is 50.3 Å². The summed E-state index contributed by atoms with van der Waals surface area (Å²) in [4.78, 5) is 0. The van der Waals surface area contributed by atoms with E-state index < -0.39 is 19.4 Å². The van der Waals surface area contributed by atoms with E-state index in [1.807, 2.05) is 12.1 Å². The molecule has 1 aromatic heterocycles. The van der Waals surface area contributed by atoms with E-state index in [-0.39, 0.29) is 0 Å². The fraction of sp³-hybridized carbons (Fsp3) is 0. The van der Waals surface area contributed by atoms with Gasteiger partial charge in [0.15, 0.2) is 0 Å². The van der Waals surface area contributed by atoms with Crippen molar-refractivity contribution in [3.05, 3.63) is 24.5 Å². The van der Waals surface area contributed by atoms with Gasteiger partial charge < -0.3 is 0 Å². The van der Waals surface area contributed by atoms with Crippen molar-refractivity contribution in [3.8, 4) is 0 Å². The molecule has 7 heavy (non-hydrogen) atoms. The van der Waals surface area contributed by atoms with Crippen LogP contribution in [0.25, 0.3) is 0 Å². The zero-order chi connectivity index (χ0) is 5.11. The Morgan fingerprint density at radius 1 is 1.29 bits per heavy atom. The molecule has 0 saturated carbocycles. The van der Waals surface area contributed by atoms with Crippen molar-refractivity contribution >= 4 is 0 Å². The minimum atomic E-state index is -1.10. The Labute approximate surface area is 50.7 Å². The molecule has 0 aliphatic heterocycles. The Hall–Kier alpha value is -0.206. The molecule has 1 aromatic rings. The third-order valence-electron chi connectivity index (χ3n) is 0.710. The van der Waals surface area contributed by atoms with E-state index in [9.17, 15) is 3.32 Å². The van der Waals surface area contributed by atoms with Gasteiger partial charge in [0.1, 0.15) is 0 Å². The van der Waals surface area contributed by atoms with Gasteiger partial charge in [-0.2, -0.15) is 0 Å². The number of hydrogen-bond donors (Lipinski definition) is 0. The van der Waals surface area contributed by atoms with E-state index in [2.05, 4.69) is 0 Å². The molecule has 0 aliphatic rings. The Balaban J connectivity index is 2.96. The summed E-state index contributed by atoms with van der Waals surface area (Å²) in [5.74, 6) is 0. The molecule has 0 aromatic carbocycles. The third-order valence-corrected chi connectivity index (χ3v) is 1.50. The van der Waals surface area contributed by atoms with Crippen LogP contribution in [0.4, 0.5) is 0 Å². The van der Waals surface area contributed by atoms with Crippen molar-refractivity contribution < 1.29 is 22.7 Å². The maximum absolute atomic E-state index is 10.1. The molecular weight excluding hydrogens is 126 g/mol. The van der Waals surface area contributed by atoms with Gasteiger partial charge in [0.05, 0.1) is 0 Å². The molecule has 0 spiro atoms. The van der Waals surface area contributed by atoms with Crippen LogP contribution in [0.5, 0.6) is 0 Å². The number of nitrogens with zero attached hydrogens (tertiary/aromatic N) is 1. The second kappa shape index (κ2) is 2.19. The zero-order valence-corrected chi connectivity index (χ0v) is 5.23. The summed E-state index contributed by atoms with van der Waals surface area (Å²) >= 11 is -1.10. The van der Waals surface area contributed by atoms with Crippen LogP contribution in [-0.4, -0.2) is 3.05 Å². The van der Waals surface area contributed by atoms with Crippen LogP contribution in [-0.2, 0) is 22.7 Å². The van der Waals surface area contributed by atoms with Crippen molar-refractivity contribution in [2.24, 2.45) is 0 Å². The molecule has 0 bridgehead atoms. The molecule has 2 nitrogen and oxygen atoms in total. The van der Waals surface area contributed by atoms with Crippen LogP contribution in [0, 0.1) is 0 Å². The van der Waals surface area contributed by atoms with Crippen molar-refractivity contribution in [2.45, 2.75) is 0 Å². The molecule has 0 radical (unpaired) electrons. The molecule has 0 fully saturated rings. The second-order valence-electron chi connectivity index (χ2n) is 1.18. The molecule has 3 heteroatoms. The average Bonchev–Trinajstić information content (AvgIpc) is 2.14. The average molecular weight is 130 g/mol. The van der Waals surface area contributed by atoms with Crippen molar-refractivity contribution in [3.63, 3.8) is 0 Å². The van der Waals surface area contributed by atoms with Crippen molar-refractivity contribution in [1.29, 1.82) is 0 Å². The van der Waals surface area contributed by atoms with E-state index >= 15 is 0 Å². The molecule has 0 amide bonds. The molecule has 0 N–H and O–H groups in total. The van der Waals surface area contributed by atoms with Crippen LogP contribution >= 0.6 is 0 Å².